The second-order valence-electron chi connectivity index (χ2n) is 4.07. The van der Waals surface area contributed by atoms with Crippen LogP contribution in [0.25, 0.3) is 0 Å². The van der Waals surface area contributed by atoms with Gasteiger partial charge in [-0.3, -0.25) is 4.79 Å². The van der Waals surface area contributed by atoms with Gasteiger partial charge in [0, 0.05) is 24.7 Å². The first-order valence-corrected chi connectivity index (χ1v) is 5.12. The van der Waals surface area contributed by atoms with Crippen LogP contribution in [0.2, 0.25) is 0 Å². The number of nitrogens with two attached hydrogens (primary N) is 1. The lowest BCUT2D eigenvalue weighted by Gasteiger charge is -2.27. The second-order valence-corrected chi connectivity index (χ2v) is 4.07. The zero-order chi connectivity index (χ0) is 11.0. The van der Waals surface area contributed by atoms with Crippen LogP contribution < -0.4 is 5.73 Å². The zero-order valence-electron chi connectivity index (χ0n) is 8.68. The average molecular weight is 209 g/mol. The van der Waals surface area contributed by atoms with Crippen LogP contribution in [0.5, 0.6) is 0 Å². The zero-order valence-corrected chi connectivity index (χ0v) is 8.68. The molecule has 5 nitrogen and oxygen atoms in total. The number of aryl methyl sites for hydroxylation is 1. The molecule has 2 unspecified atom stereocenters. The molecule has 0 amide bonds. The fourth-order valence-corrected chi connectivity index (χ4v) is 2.01. The maximum absolute atomic E-state index is 10.6. The van der Waals surface area contributed by atoms with Crippen molar-refractivity contribution in [3.63, 3.8) is 0 Å². The third kappa shape index (κ3) is 1.87. The van der Waals surface area contributed by atoms with Crippen LogP contribution in [-0.2, 0) is 17.6 Å². The Morgan fingerprint density at radius 2 is 2.53 bits per heavy atom. The standard InChI is InChI=1S/C10H15N3O2/c1-6-8(11)2-3-9-12-7(4-10(14)15)5-13(6)9/h5-6,8H,2-4,11H2,1H3,(H,14,15). The van der Waals surface area contributed by atoms with E-state index < -0.39 is 5.97 Å². The molecule has 0 saturated heterocycles. The van der Waals surface area contributed by atoms with E-state index in [9.17, 15) is 4.79 Å². The van der Waals surface area contributed by atoms with E-state index in [-0.39, 0.29) is 18.5 Å². The average Bonchev–Trinajstić information content (AvgIpc) is 2.54. The van der Waals surface area contributed by atoms with E-state index in [4.69, 9.17) is 10.8 Å². The summed E-state index contributed by atoms with van der Waals surface area (Å²) >= 11 is 0. The summed E-state index contributed by atoms with van der Waals surface area (Å²) in [6.07, 6.45) is 3.56. The third-order valence-corrected chi connectivity index (χ3v) is 2.95. The van der Waals surface area contributed by atoms with Gasteiger partial charge in [-0.2, -0.15) is 0 Å². The molecule has 0 aromatic carbocycles. The van der Waals surface area contributed by atoms with Crippen LogP contribution in [0.1, 0.15) is 30.9 Å². The number of nitrogens with zero attached hydrogens (tertiary/aromatic N) is 2. The highest BCUT2D eigenvalue weighted by Gasteiger charge is 2.24. The molecule has 2 rings (SSSR count). The van der Waals surface area contributed by atoms with Crippen LogP contribution in [0, 0.1) is 0 Å². The number of aliphatic carboxylic acids is 1. The summed E-state index contributed by atoms with van der Waals surface area (Å²) in [6, 6.07) is 0.355. The van der Waals surface area contributed by atoms with Gasteiger partial charge in [0.15, 0.2) is 0 Å². The molecule has 0 saturated carbocycles. The van der Waals surface area contributed by atoms with Crippen molar-refractivity contribution in [1.82, 2.24) is 9.55 Å². The third-order valence-electron chi connectivity index (χ3n) is 2.95. The van der Waals surface area contributed by atoms with Gasteiger partial charge in [-0.15, -0.1) is 0 Å². The SMILES string of the molecule is CC1C(N)CCc2nc(CC(=O)O)cn21. The highest BCUT2D eigenvalue weighted by Crippen LogP contribution is 2.23. The van der Waals surface area contributed by atoms with Crippen molar-refractivity contribution in [1.29, 1.82) is 0 Å². The number of carboxylic acids is 1. The van der Waals surface area contributed by atoms with Crippen molar-refractivity contribution in [2.75, 3.05) is 0 Å². The van der Waals surface area contributed by atoms with Gasteiger partial charge in [-0.25, -0.2) is 4.98 Å². The number of hydrogen-bond acceptors (Lipinski definition) is 3. The maximum atomic E-state index is 10.6. The molecular formula is C10H15N3O2. The first kappa shape index (κ1) is 10.2. The Morgan fingerprint density at radius 1 is 1.80 bits per heavy atom. The minimum Gasteiger partial charge on any atom is -0.481 e. The fraction of sp³-hybridized carbons (Fsp3) is 0.600. The lowest BCUT2D eigenvalue weighted by atomic mass is 10.0. The fourth-order valence-electron chi connectivity index (χ4n) is 2.01. The summed E-state index contributed by atoms with van der Waals surface area (Å²) in [6.45, 7) is 2.04. The first-order chi connectivity index (χ1) is 7.08. The molecule has 2 heterocycles. The highest BCUT2D eigenvalue weighted by atomic mass is 16.4. The molecule has 2 atom stereocenters. The van der Waals surface area contributed by atoms with Crippen molar-refractivity contribution in [3.8, 4) is 0 Å². The van der Waals surface area contributed by atoms with E-state index in [1.807, 2.05) is 17.7 Å². The summed E-state index contributed by atoms with van der Waals surface area (Å²) in [5, 5.41) is 8.67. The molecule has 15 heavy (non-hydrogen) atoms. The normalized spacial score (nSPS) is 24.9. The van der Waals surface area contributed by atoms with Gasteiger partial charge in [0.05, 0.1) is 12.1 Å². The molecule has 3 N–H and O–H groups in total. The van der Waals surface area contributed by atoms with E-state index in [1.165, 1.54) is 0 Å². The second kappa shape index (κ2) is 3.66. The molecule has 0 radical (unpaired) electrons. The summed E-state index contributed by atoms with van der Waals surface area (Å²) < 4.78 is 2.01. The van der Waals surface area contributed by atoms with Crippen LogP contribution in [0.15, 0.2) is 6.20 Å². The van der Waals surface area contributed by atoms with E-state index in [1.54, 1.807) is 0 Å². The van der Waals surface area contributed by atoms with Crippen LogP contribution >= 0.6 is 0 Å². The Bertz CT molecular complexity index is 386. The number of aromatic nitrogens is 2. The topological polar surface area (TPSA) is 81.1 Å². The summed E-state index contributed by atoms with van der Waals surface area (Å²) in [4.78, 5) is 14.9. The van der Waals surface area contributed by atoms with Gasteiger partial charge in [0.25, 0.3) is 0 Å². The highest BCUT2D eigenvalue weighted by molar-refractivity contribution is 5.69. The van der Waals surface area contributed by atoms with Crippen molar-refractivity contribution in [2.45, 2.75) is 38.3 Å². The molecule has 82 valence electrons. The molecule has 0 bridgehead atoms. The Kier molecular flexibility index (Phi) is 2.48. The lowest BCUT2D eigenvalue weighted by molar-refractivity contribution is -0.136. The van der Waals surface area contributed by atoms with E-state index in [2.05, 4.69) is 4.98 Å². The maximum Gasteiger partial charge on any atom is 0.309 e. The van der Waals surface area contributed by atoms with Crippen LogP contribution in [-0.4, -0.2) is 26.7 Å². The molecule has 0 fully saturated rings. The number of rotatable bonds is 2. The Labute approximate surface area is 87.9 Å². The summed E-state index contributed by atoms with van der Waals surface area (Å²) in [5.41, 5.74) is 6.56. The lowest BCUT2D eigenvalue weighted by Crippen LogP contribution is -2.35. The van der Waals surface area contributed by atoms with E-state index >= 15 is 0 Å². The molecule has 5 heteroatoms. The number of carboxylic acid groups (broad SMARTS) is 1. The smallest absolute Gasteiger partial charge is 0.309 e. The van der Waals surface area contributed by atoms with Gasteiger partial charge in [0.1, 0.15) is 5.82 Å². The predicted octanol–water partition coefficient (Wildman–Crippen LogP) is 0.345. The minimum absolute atomic E-state index is 0.0119. The van der Waals surface area contributed by atoms with Gasteiger partial charge in [0.2, 0.25) is 0 Å². The molecule has 1 aliphatic rings. The van der Waals surface area contributed by atoms with Gasteiger partial charge < -0.3 is 15.4 Å². The molecule has 1 aromatic rings. The van der Waals surface area contributed by atoms with E-state index in [0.717, 1.165) is 18.7 Å². The Hall–Kier alpha value is -1.36. The van der Waals surface area contributed by atoms with Crippen molar-refractivity contribution in [2.24, 2.45) is 5.73 Å². The van der Waals surface area contributed by atoms with Crippen molar-refractivity contribution in [3.05, 3.63) is 17.7 Å². The molecule has 0 aliphatic carbocycles. The quantitative estimate of drug-likeness (QED) is 0.736. The molecule has 1 aliphatic heterocycles. The Morgan fingerprint density at radius 3 is 3.20 bits per heavy atom. The molecule has 1 aromatic heterocycles. The van der Waals surface area contributed by atoms with Crippen LogP contribution in [0.3, 0.4) is 0 Å². The van der Waals surface area contributed by atoms with Crippen molar-refractivity contribution >= 4 is 5.97 Å². The van der Waals surface area contributed by atoms with Gasteiger partial charge >= 0.3 is 5.97 Å². The van der Waals surface area contributed by atoms with Gasteiger partial charge in [-0.1, -0.05) is 0 Å². The summed E-state index contributed by atoms with van der Waals surface area (Å²) in [5.74, 6) is 0.114. The molecular weight excluding hydrogens is 194 g/mol. The molecule has 0 spiro atoms. The van der Waals surface area contributed by atoms with Crippen molar-refractivity contribution < 1.29 is 9.90 Å². The first-order valence-electron chi connectivity index (χ1n) is 5.12. The predicted molar refractivity (Wildman–Crippen MR) is 54.6 cm³/mol. The number of hydrogen-bond donors (Lipinski definition) is 2. The number of imidazole rings is 1. The van der Waals surface area contributed by atoms with Crippen LogP contribution in [0.4, 0.5) is 0 Å². The largest absolute Gasteiger partial charge is 0.481 e. The number of fused-ring (bicyclic) bond motifs is 1. The minimum atomic E-state index is -0.845. The summed E-state index contributed by atoms with van der Waals surface area (Å²) in [7, 11) is 0. The van der Waals surface area contributed by atoms with Gasteiger partial charge in [-0.05, 0) is 13.3 Å². The Balaban J connectivity index is 2.27. The monoisotopic (exact) mass is 209 g/mol. The number of carbonyl (C=O) groups is 1. The van der Waals surface area contributed by atoms with E-state index in [0.29, 0.717) is 5.69 Å².